The molecule has 20 heavy (non-hydrogen) atoms. The van der Waals surface area contributed by atoms with Crippen LogP contribution in [0.15, 0.2) is 17.1 Å². The summed E-state index contributed by atoms with van der Waals surface area (Å²) < 4.78 is 0. The van der Waals surface area contributed by atoms with Crippen molar-refractivity contribution < 1.29 is 14.7 Å². The minimum absolute atomic E-state index is 0.0133. The maximum absolute atomic E-state index is 11.1. The molecular formula is C16H23NO3. The van der Waals surface area contributed by atoms with E-state index in [1.165, 1.54) is 25.3 Å². The second-order valence-corrected chi connectivity index (χ2v) is 6.55. The number of carboxylic acid groups (broad SMARTS) is 1. The number of rotatable bonds is 3. The minimum Gasteiger partial charge on any atom is -0.478 e. The Balaban J connectivity index is 0.000000257. The number of carbonyl (C=O) groups is 1. The fourth-order valence-electron chi connectivity index (χ4n) is 4.77. The number of hydrogen-bond acceptors (Lipinski definition) is 3. The monoisotopic (exact) mass is 277 g/mol. The highest BCUT2D eigenvalue weighted by atomic mass is 16.4. The molecule has 0 aromatic rings. The molecule has 4 fully saturated rings. The molecule has 0 unspecified atom stereocenters. The smallest absolute Gasteiger partial charge is 0.331 e. The van der Waals surface area contributed by atoms with Gasteiger partial charge in [0.2, 0.25) is 6.08 Å². The number of carboxylic acids is 1. The van der Waals surface area contributed by atoms with Gasteiger partial charge >= 0.3 is 5.97 Å². The van der Waals surface area contributed by atoms with E-state index in [1.54, 1.807) is 6.92 Å². The Bertz CT molecular complexity index is 413. The Kier molecular flexibility index (Phi) is 4.44. The van der Waals surface area contributed by atoms with E-state index in [9.17, 15) is 4.79 Å². The van der Waals surface area contributed by atoms with Gasteiger partial charge < -0.3 is 5.11 Å². The first-order chi connectivity index (χ1) is 9.50. The molecule has 0 aromatic heterocycles. The number of hydrogen-bond donors (Lipinski definition) is 1. The van der Waals surface area contributed by atoms with Gasteiger partial charge in [-0.25, -0.2) is 14.6 Å². The molecule has 4 nitrogen and oxygen atoms in total. The van der Waals surface area contributed by atoms with Crippen molar-refractivity contribution >= 4 is 12.0 Å². The summed E-state index contributed by atoms with van der Waals surface area (Å²) in [6, 6.07) is 0. The van der Waals surface area contributed by atoms with Gasteiger partial charge in [0.1, 0.15) is 0 Å². The van der Waals surface area contributed by atoms with Crippen molar-refractivity contribution in [2.75, 3.05) is 6.54 Å². The van der Waals surface area contributed by atoms with Gasteiger partial charge in [0.05, 0.1) is 0 Å². The van der Waals surface area contributed by atoms with Gasteiger partial charge in [0.15, 0.2) is 0 Å². The van der Waals surface area contributed by atoms with Gasteiger partial charge in [-0.3, -0.25) is 0 Å². The third-order valence-corrected chi connectivity index (χ3v) is 5.16. The Labute approximate surface area is 120 Å². The van der Waals surface area contributed by atoms with Crippen LogP contribution in [0.3, 0.4) is 0 Å². The van der Waals surface area contributed by atoms with E-state index in [1.807, 2.05) is 0 Å². The van der Waals surface area contributed by atoms with Crippen molar-refractivity contribution in [3.05, 3.63) is 12.2 Å². The first-order valence-electron chi connectivity index (χ1n) is 7.47. The number of isocyanates is 1. The normalized spacial score (nSPS) is 36.5. The third-order valence-electron chi connectivity index (χ3n) is 5.16. The highest BCUT2D eigenvalue weighted by Crippen LogP contribution is 2.62. The van der Waals surface area contributed by atoms with Crippen LogP contribution < -0.4 is 0 Å². The molecule has 1 N–H and O–H groups in total. The largest absolute Gasteiger partial charge is 0.478 e. The van der Waals surface area contributed by atoms with Crippen LogP contribution in [0.5, 0.6) is 0 Å². The lowest BCUT2D eigenvalue weighted by molar-refractivity contribution is -0.136. The summed E-state index contributed by atoms with van der Waals surface area (Å²) >= 11 is 0. The molecule has 0 radical (unpaired) electrons. The summed E-state index contributed by atoms with van der Waals surface area (Å²) in [6.45, 7) is 6.17. The Morgan fingerprint density at radius 1 is 1.25 bits per heavy atom. The molecular weight excluding hydrogens is 254 g/mol. The predicted molar refractivity (Wildman–Crippen MR) is 76.0 cm³/mol. The SMILES string of the molecule is C=C(C(=O)O)C12CC3CC(CC(C3)C1)C2.CCN=C=O. The lowest BCUT2D eigenvalue weighted by Gasteiger charge is -2.56. The Morgan fingerprint density at radius 2 is 1.70 bits per heavy atom. The van der Waals surface area contributed by atoms with Crippen LogP contribution in [0.2, 0.25) is 0 Å². The number of carbonyl (C=O) groups excluding carboxylic acids is 1. The zero-order chi connectivity index (χ0) is 14.8. The van der Waals surface area contributed by atoms with Crippen molar-refractivity contribution in [1.29, 1.82) is 0 Å². The van der Waals surface area contributed by atoms with E-state index in [0.717, 1.165) is 37.0 Å². The van der Waals surface area contributed by atoms with Gasteiger partial charge in [-0.1, -0.05) is 6.58 Å². The van der Waals surface area contributed by atoms with Crippen LogP contribution in [0.25, 0.3) is 0 Å². The van der Waals surface area contributed by atoms with E-state index < -0.39 is 5.97 Å². The molecule has 4 saturated carbocycles. The highest BCUT2D eigenvalue weighted by Gasteiger charge is 2.53. The second-order valence-electron chi connectivity index (χ2n) is 6.55. The van der Waals surface area contributed by atoms with Crippen LogP contribution in [-0.2, 0) is 9.59 Å². The molecule has 0 saturated heterocycles. The summed E-state index contributed by atoms with van der Waals surface area (Å²) in [4.78, 5) is 23.4. The zero-order valence-corrected chi connectivity index (χ0v) is 12.1. The molecule has 4 rings (SSSR count). The topological polar surface area (TPSA) is 66.7 Å². The predicted octanol–water partition coefficient (Wildman–Crippen LogP) is 3.19. The Morgan fingerprint density at radius 3 is 1.95 bits per heavy atom. The molecule has 110 valence electrons. The van der Waals surface area contributed by atoms with Crippen LogP contribution in [-0.4, -0.2) is 23.7 Å². The van der Waals surface area contributed by atoms with Crippen LogP contribution in [0, 0.1) is 23.2 Å². The highest BCUT2D eigenvalue weighted by molar-refractivity contribution is 5.87. The molecule has 4 aliphatic carbocycles. The number of aliphatic imine (C=N–C) groups is 1. The lowest BCUT2D eigenvalue weighted by atomic mass is 9.48. The van der Waals surface area contributed by atoms with Crippen molar-refractivity contribution in [2.45, 2.75) is 45.4 Å². The van der Waals surface area contributed by atoms with Crippen LogP contribution in [0.4, 0.5) is 0 Å². The van der Waals surface area contributed by atoms with E-state index >= 15 is 0 Å². The number of nitrogens with zero attached hydrogens (tertiary/aromatic N) is 1. The molecule has 4 aliphatic rings. The quantitative estimate of drug-likeness (QED) is 0.489. The maximum Gasteiger partial charge on any atom is 0.331 e. The molecule has 4 bridgehead atoms. The van der Waals surface area contributed by atoms with E-state index in [2.05, 4.69) is 11.6 Å². The van der Waals surface area contributed by atoms with Crippen LogP contribution in [0.1, 0.15) is 45.4 Å². The van der Waals surface area contributed by atoms with Gasteiger partial charge in [-0.15, -0.1) is 0 Å². The molecule has 0 spiro atoms. The van der Waals surface area contributed by atoms with Crippen molar-refractivity contribution in [1.82, 2.24) is 0 Å². The summed E-state index contributed by atoms with van der Waals surface area (Å²) in [5, 5.41) is 9.14. The average molecular weight is 277 g/mol. The van der Waals surface area contributed by atoms with Gasteiger partial charge in [0, 0.05) is 17.5 Å². The number of aliphatic carboxylic acids is 1. The first kappa shape index (κ1) is 15.0. The standard InChI is InChI=1S/C13H18O2.C3H5NO/c1-8(12(14)15)13-5-9-2-10(6-13)4-11(3-9)7-13;1-2-4-3-5/h9-11H,1-7H2,(H,14,15);2H2,1H3. The molecule has 0 aromatic carbocycles. The molecule has 4 heteroatoms. The molecule has 0 heterocycles. The van der Waals surface area contributed by atoms with E-state index in [-0.39, 0.29) is 5.41 Å². The first-order valence-corrected chi connectivity index (χ1v) is 7.47. The van der Waals surface area contributed by atoms with Gasteiger partial charge in [-0.05, 0) is 63.2 Å². The lowest BCUT2D eigenvalue weighted by Crippen LogP contribution is -2.47. The second kappa shape index (κ2) is 5.92. The summed E-state index contributed by atoms with van der Waals surface area (Å²) in [7, 11) is 0. The fraction of sp³-hybridized carbons (Fsp3) is 0.750. The van der Waals surface area contributed by atoms with Crippen LogP contribution >= 0.6 is 0 Å². The zero-order valence-electron chi connectivity index (χ0n) is 12.1. The maximum atomic E-state index is 11.1. The van der Waals surface area contributed by atoms with Gasteiger partial charge in [0.25, 0.3) is 0 Å². The third kappa shape index (κ3) is 2.85. The minimum atomic E-state index is -0.767. The summed E-state index contributed by atoms with van der Waals surface area (Å²) in [5.74, 6) is 1.63. The fourth-order valence-corrected chi connectivity index (χ4v) is 4.77. The Hall–Kier alpha value is -1.41. The summed E-state index contributed by atoms with van der Waals surface area (Å²) in [6.07, 6.45) is 8.76. The van der Waals surface area contributed by atoms with E-state index in [4.69, 9.17) is 9.90 Å². The van der Waals surface area contributed by atoms with Crippen molar-refractivity contribution in [3.8, 4) is 0 Å². The molecule has 0 aliphatic heterocycles. The average Bonchev–Trinajstić information content (AvgIpc) is 2.37. The van der Waals surface area contributed by atoms with Gasteiger partial charge in [-0.2, -0.15) is 0 Å². The van der Waals surface area contributed by atoms with Crippen molar-refractivity contribution in [2.24, 2.45) is 28.2 Å². The summed E-state index contributed by atoms with van der Waals surface area (Å²) in [5.41, 5.74) is 0.488. The van der Waals surface area contributed by atoms with Crippen molar-refractivity contribution in [3.63, 3.8) is 0 Å². The van der Waals surface area contributed by atoms with E-state index in [0.29, 0.717) is 12.1 Å². The molecule has 0 amide bonds. The molecule has 0 atom stereocenters.